The van der Waals surface area contributed by atoms with Crippen LogP contribution in [-0.2, 0) is 28.6 Å². The number of unbranched alkanes of at least 4 members (excludes halogenated alkanes) is 6. The molecule has 232 valence electrons. The maximum atomic E-state index is 12.5. The van der Waals surface area contributed by atoms with Crippen molar-refractivity contribution in [2.75, 3.05) is 0 Å². The van der Waals surface area contributed by atoms with E-state index in [-0.39, 0.29) is 36.2 Å². The summed E-state index contributed by atoms with van der Waals surface area (Å²) in [6.45, 7) is 4.47. The first-order valence-electron chi connectivity index (χ1n) is 17.0. The minimum absolute atomic E-state index is 0.0608. The maximum absolute atomic E-state index is 12.5. The van der Waals surface area contributed by atoms with E-state index < -0.39 is 0 Å². The second kappa shape index (κ2) is 22.1. The molecule has 0 amide bonds. The van der Waals surface area contributed by atoms with Crippen LogP contribution in [0.25, 0.3) is 0 Å². The third-order valence-corrected chi connectivity index (χ3v) is 8.48. The van der Waals surface area contributed by atoms with Crippen LogP contribution in [0.4, 0.5) is 0 Å². The van der Waals surface area contributed by atoms with Crippen molar-refractivity contribution >= 4 is 17.9 Å². The smallest absolute Gasteiger partial charge is 0.306 e. The predicted molar refractivity (Wildman–Crippen MR) is 160 cm³/mol. The minimum Gasteiger partial charge on any atom is -0.462 e. The molecule has 2 fully saturated rings. The first kappa shape index (κ1) is 34.6. The first-order chi connectivity index (χ1) is 19.4. The van der Waals surface area contributed by atoms with Crippen molar-refractivity contribution in [1.29, 1.82) is 0 Å². The molecule has 0 atom stereocenters. The van der Waals surface area contributed by atoms with Crippen LogP contribution in [-0.4, -0.2) is 36.2 Å². The Morgan fingerprint density at radius 1 is 0.525 bits per heavy atom. The summed E-state index contributed by atoms with van der Waals surface area (Å²) in [6, 6.07) is 0. The number of carbonyl (C=O) groups is 3. The summed E-state index contributed by atoms with van der Waals surface area (Å²) in [5, 5.41) is 0. The molecular formula is C34H60O6. The fourth-order valence-corrected chi connectivity index (χ4v) is 6.00. The summed E-state index contributed by atoms with van der Waals surface area (Å²) in [5.74, 6) is 0.505. The molecule has 6 nitrogen and oxygen atoms in total. The van der Waals surface area contributed by atoms with Gasteiger partial charge < -0.3 is 14.2 Å². The highest BCUT2D eigenvalue weighted by Crippen LogP contribution is 2.23. The third kappa shape index (κ3) is 18.0. The van der Waals surface area contributed by atoms with Gasteiger partial charge in [0.2, 0.25) is 0 Å². The molecule has 0 aliphatic heterocycles. The largest absolute Gasteiger partial charge is 0.462 e. The molecule has 2 aliphatic carbocycles. The quantitative estimate of drug-likeness (QED) is 0.0785. The van der Waals surface area contributed by atoms with Crippen LogP contribution in [0.1, 0.15) is 174 Å². The van der Waals surface area contributed by atoms with Crippen LogP contribution in [0, 0.1) is 5.92 Å². The molecule has 40 heavy (non-hydrogen) atoms. The maximum Gasteiger partial charge on any atom is 0.306 e. The van der Waals surface area contributed by atoms with Crippen molar-refractivity contribution in [2.45, 2.75) is 193 Å². The molecule has 0 heterocycles. The van der Waals surface area contributed by atoms with E-state index in [2.05, 4.69) is 13.8 Å². The number of hydrogen-bond acceptors (Lipinski definition) is 6. The lowest BCUT2D eigenvalue weighted by molar-refractivity contribution is -0.151. The van der Waals surface area contributed by atoms with Gasteiger partial charge in [-0.15, -0.1) is 0 Å². The Bertz CT molecular complexity index is 636. The van der Waals surface area contributed by atoms with E-state index in [1.54, 1.807) is 0 Å². The van der Waals surface area contributed by atoms with E-state index in [1.165, 1.54) is 51.4 Å². The Morgan fingerprint density at radius 3 is 1.35 bits per heavy atom. The number of hydrogen-bond donors (Lipinski definition) is 0. The van der Waals surface area contributed by atoms with Crippen molar-refractivity contribution < 1.29 is 28.6 Å². The normalized spacial score (nSPS) is 16.8. The summed E-state index contributed by atoms with van der Waals surface area (Å²) in [7, 11) is 0. The van der Waals surface area contributed by atoms with E-state index in [1.807, 2.05) is 0 Å². The van der Waals surface area contributed by atoms with Crippen LogP contribution >= 0.6 is 0 Å². The fourth-order valence-electron chi connectivity index (χ4n) is 6.00. The predicted octanol–water partition coefficient (Wildman–Crippen LogP) is 9.16. The Kier molecular flexibility index (Phi) is 19.1. The van der Waals surface area contributed by atoms with E-state index in [9.17, 15) is 14.4 Å². The van der Waals surface area contributed by atoms with Crippen molar-refractivity contribution in [3.63, 3.8) is 0 Å². The van der Waals surface area contributed by atoms with Gasteiger partial charge in [-0.3, -0.25) is 14.4 Å². The molecule has 0 aromatic heterocycles. The van der Waals surface area contributed by atoms with E-state index in [0.717, 1.165) is 89.9 Å². The van der Waals surface area contributed by atoms with Gasteiger partial charge >= 0.3 is 17.9 Å². The number of carbonyl (C=O) groups excluding carboxylic acids is 3. The molecule has 0 saturated heterocycles. The van der Waals surface area contributed by atoms with E-state index >= 15 is 0 Å². The first-order valence-corrected chi connectivity index (χ1v) is 17.0. The molecule has 2 rings (SSSR count). The van der Waals surface area contributed by atoms with Gasteiger partial charge in [-0.1, -0.05) is 58.8 Å². The van der Waals surface area contributed by atoms with Crippen LogP contribution in [0.3, 0.4) is 0 Å². The molecule has 2 saturated carbocycles. The minimum atomic E-state index is -0.0818. The summed E-state index contributed by atoms with van der Waals surface area (Å²) in [6.07, 6.45) is 24.3. The molecule has 2 aliphatic rings. The van der Waals surface area contributed by atoms with Gasteiger partial charge in [-0.2, -0.15) is 0 Å². The molecule has 0 N–H and O–H groups in total. The lowest BCUT2D eigenvalue weighted by Crippen LogP contribution is -2.21. The second-order valence-corrected chi connectivity index (χ2v) is 12.8. The van der Waals surface area contributed by atoms with Crippen molar-refractivity contribution in [3.05, 3.63) is 0 Å². The summed E-state index contributed by atoms with van der Waals surface area (Å²) >= 11 is 0. The Balaban J connectivity index is 1.62. The van der Waals surface area contributed by atoms with Crippen molar-refractivity contribution in [1.82, 2.24) is 0 Å². The zero-order valence-corrected chi connectivity index (χ0v) is 25.9. The molecule has 0 unspecified atom stereocenters. The summed E-state index contributed by atoms with van der Waals surface area (Å²) in [4.78, 5) is 36.9. The highest BCUT2D eigenvalue weighted by molar-refractivity contribution is 5.70. The van der Waals surface area contributed by atoms with Gasteiger partial charge in [0, 0.05) is 19.3 Å². The Morgan fingerprint density at radius 2 is 0.925 bits per heavy atom. The topological polar surface area (TPSA) is 78.9 Å². The SMILES string of the molecule is CC(C)CCCCCC(=O)OC(CCCCCC(=O)OC1CCCCC1)CCCCCC(=O)OC1CCCCC1. The number of ether oxygens (including phenoxy) is 3. The van der Waals surface area contributed by atoms with Crippen molar-refractivity contribution in [3.8, 4) is 0 Å². The van der Waals surface area contributed by atoms with Gasteiger partial charge in [0.15, 0.2) is 0 Å². The van der Waals surface area contributed by atoms with Crippen molar-refractivity contribution in [2.24, 2.45) is 5.92 Å². The monoisotopic (exact) mass is 564 g/mol. The Labute approximate surface area is 245 Å². The zero-order chi connectivity index (χ0) is 28.8. The molecular weight excluding hydrogens is 504 g/mol. The van der Waals surface area contributed by atoms with Gasteiger partial charge in [0.25, 0.3) is 0 Å². The van der Waals surface area contributed by atoms with Crippen LogP contribution < -0.4 is 0 Å². The fraction of sp³-hybridized carbons (Fsp3) is 0.912. The molecule has 0 aromatic carbocycles. The summed E-state index contributed by atoms with van der Waals surface area (Å²) in [5.41, 5.74) is 0. The third-order valence-electron chi connectivity index (χ3n) is 8.48. The zero-order valence-electron chi connectivity index (χ0n) is 25.9. The van der Waals surface area contributed by atoms with Gasteiger partial charge in [0.05, 0.1) is 0 Å². The second-order valence-electron chi connectivity index (χ2n) is 12.8. The highest BCUT2D eigenvalue weighted by Gasteiger charge is 2.19. The number of rotatable bonds is 21. The number of esters is 3. The lowest BCUT2D eigenvalue weighted by atomic mass is 9.98. The standard InChI is InChI=1S/C34H60O6/c1-28(2)18-8-3-15-25-32(35)40-31(23-13-6-16-26-33(36)38-29-19-9-4-10-20-29)24-14-7-17-27-34(37)39-30-21-11-5-12-22-30/h28-31H,3-27H2,1-2H3. The van der Waals surface area contributed by atoms with Gasteiger partial charge in [0.1, 0.15) is 18.3 Å². The molecule has 0 spiro atoms. The van der Waals surface area contributed by atoms with E-state index in [4.69, 9.17) is 14.2 Å². The molecule has 0 radical (unpaired) electrons. The molecule has 6 heteroatoms. The van der Waals surface area contributed by atoms with Crippen LogP contribution in [0.2, 0.25) is 0 Å². The Hall–Kier alpha value is -1.59. The summed E-state index contributed by atoms with van der Waals surface area (Å²) < 4.78 is 17.2. The molecule has 0 aromatic rings. The van der Waals surface area contributed by atoms with Gasteiger partial charge in [-0.25, -0.2) is 0 Å². The van der Waals surface area contributed by atoms with E-state index in [0.29, 0.717) is 25.2 Å². The average Bonchev–Trinajstić information content (AvgIpc) is 2.93. The molecule has 0 bridgehead atoms. The highest BCUT2D eigenvalue weighted by atomic mass is 16.6. The lowest BCUT2D eigenvalue weighted by Gasteiger charge is -2.22. The van der Waals surface area contributed by atoms with Crippen LogP contribution in [0.15, 0.2) is 0 Å². The van der Waals surface area contributed by atoms with Gasteiger partial charge in [-0.05, 0) is 102 Å². The van der Waals surface area contributed by atoms with Crippen LogP contribution in [0.5, 0.6) is 0 Å². The average molecular weight is 565 g/mol.